The number of carbonyl (C=O) groups is 1. The van der Waals surface area contributed by atoms with Crippen LogP contribution in [0.25, 0.3) is 0 Å². The van der Waals surface area contributed by atoms with Crippen molar-refractivity contribution < 1.29 is 9.21 Å². The van der Waals surface area contributed by atoms with E-state index in [1.807, 2.05) is 43.9 Å². The first-order valence-corrected chi connectivity index (χ1v) is 8.60. The van der Waals surface area contributed by atoms with Crippen molar-refractivity contribution in [3.05, 3.63) is 42.9 Å². The third-order valence-corrected chi connectivity index (χ3v) is 6.11. The van der Waals surface area contributed by atoms with Crippen molar-refractivity contribution in [2.75, 3.05) is 0 Å². The maximum atomic E-state index is 12.6. The van der Waals surface area contributed by atoms with Crippen LogP contribution in [0.15, 0.2) is 30.9 Å². The molecule has 2 aromatic rings. The molecule has 2 rings (SSSR count). The van der Waals surface area contributed by atoms with Gasteiger partial charge in [0.05, 0.1) is 15.2 Å². The van der Waals surface area contributed by atoms with Crippen molar-refractivity contribution in [2.45, 2.75) is 33.4 Å². The van der Waals surface area contributed by atoms with Crippen molar-refractivity contribution in [1.82, 2.24) is 4.90 Å². The summed E-state index contributed by atoms with van der Waals surface area (Å²) < 4.78 is 7.41. The zero-order valence-electron chi connectivity index (χ0n) is 11.4. The molecule has 0 bridgehead atoms. The molecular weight excluding hydrogens is 406 g/mol. The van der Waals surface area contributed by atoms with Gasteiger partial charge in [0.25, 0.3) is 5.91 Å². The number of hydrogen-bond donors (Lipinski definition) is 0. The Balaban J connectivity index is 2.22. The highest BCUT2D eigenvalue weighted by Crippen LogP contribution is 2.33. The predicted octanol–water partition coefficient (Wildman–Crippen LogP) is 5.23. The number of nitrogens with zero attached hydrogens (tertiary/aromatic N) is 1. The Morgan fingerprint density at radius 1 is 1.40 bits per heavy atom. The minimum Gasteiger partial charge on any atom is -0.464 e. The topological polar surface area (TPSA) is 33.5 Å². The van der Waals surface area contributed by atoms with Gasteiger partial charge in [0.2, 0.25) is 0 Å². The third kappa shape index (κ3) is 3.54. The Bertz CT molecular complexity index is 599. The third-order valence-electron chi connectivity index (χ3n) is 2.86. The van der Waals surface area contributed by atoms with Gasteiger partial charge in [0.1, 0.15) is 11.5 Å². The van der Waals surface area contributed by atoms with Gasteiger partial charge in [0, 0.05) is 10.5 Å². The van der Waals surface area contributed by atoms with Gasteiger partial charge < -0.3 is 9.32 Å². The second-order valence-electron chi connectivity index (χ2n) is 4.77. The van der Waals surface area contributed by atoms with Crippen molar-refractivity contribution in [2.24, 2.45) is 0 Å². The van der Waals surface area contributed by atoms with Gasteiger partial charge in [-0.3, -0.25) is 4.79 Å². The number of furan rings is 1. The molecule has 0 N–H and O–H groups in total. The second-order valence-corrected chi connectivity index (χ2v) is 8.00. The molecule has 6 heteroatoms. The van der Waals surface area contributed by atoms with E-state index in [1.54, 1.807) is 0 Å². The quantitative estimate of drug-likeness (QED) is 0.678. The smallest absolute Gasteiger partial charge is 0.264 e. The normalized spacial score (nSPS) is 11.1. The first-order chi connectivity index (χ1) is 9.38. The van der Waals surface area contributed by atoms with Crippen LogP contribution in [0.3, 0.4) is 0 Å². The molecule has 0 aliphatic carbocycles. The summed E-state index contributed by atoms with van der Waals surface area (Å²) in [6, 6.07) is 5.78. The van der Waals surface area contributed by atoms with Gasteiger partial charge in [-0.1, -0.05) is 0 Å². The van der Waals surface area contributed by atoms with Gasteiger partial charge in [-0.25, -0.2) is 0 Å². The standard InChI is InChI=1S/C14H15Br2NO2S/c1-8(2)17(7-10-5-4-9(3)19-10)14(18)12-6-11(15)13(16)20-12/h4-6,8H,7H2,1-3H3. The van der Waals surface area contributed by atoms with Gasteiger partial charge in [-0.2, -0.15) is 0 Å². The maximum absolute atomic E-state index is 12.6. The minimum atomic E-state index is 0.0189. The van der Waals surface area contributed by atoms with Gasteiger partial charge >= 0.3 is 0 Å². The molecule has 3 nitrogen and oxygen atoms in total. The highest BCUT2D eigenvalue weighted by atomic mass is 79.9. The minimum absolute atomic E-state index is 0.0189. The lowest BCUT2D eigenvalue weighted by Crippen LogP contribution is -2.35. The van der Waals surface area contributed by atoms with Crippen molar-refractivity contribution >= 4 is 49.1 Å². The monoisotopic (exact) mass is 419 g/mol. The number of halogens is 2. The molecular formula is C14H15Br2NO2S. The molecule has 1 amide bonds. The number of hydrogen-bond acceptors (Lipinski definition) is 3. The maximum Gasteiger partial charge on any atom is 0.264 e. The van der Waals surface area contributed by atoms with E-state index in [0.717, 1.165) is 19.8 Å². The molecule has 0 spiro atoms. The Kier molecular flexibility index (Phi) is 5.09. The highest BCUT2D eigenvalue weighted by Gasteiger charge is 2.22. The predicted molar refractivity (Wildman–Crippen MR) is 88.2 cm³/mol. The summed E-state index contributed by atoms with van der Waals surface area (Å²) >= 11 is 8.27. The molecule has 0 radical (unpaired) electrons. The molecule has 0 aliphatic heterocycles. The fraction of sp³-hybridized carbons (Fsp3) is 0.357. The van der Waals surface area contributed by atoms with Gasteiger partial charge in [-0.05, 0) is 70.8 Å². The van der Waals surface area contributed by atoms with Crippen LogP contribution in [0.2, 0.25) is 0 Å². The average molecular weight is 421 g/mol. The summed E-state index contributed by atoms with van der Waals surface area (Å²) in [5.74, 6) is 1.68. The first-order valence-electron chi connectivity index (χ1n) is 6.19. The fourth-order valence-corrected chi connectivity index (χ4v) is 3.81. The van der Waals surface area contributed by atoms with Crippen LogP contribution in [-0.4, -0.2) is 16.8 Å². The Hall–Kier alpha value is -0.590. The molecule has 0 aromatic carbocycles. The van der Waals surface area contributed by atoms with Gasteiger partial charge in [-0.15, -0.1) is 11.3 Å². The summed E-state index contributed by atoms with van der Waals surface area (Å²) in [6.07, 6.45) is 0. The van der Waals surface area contributed by atoms with Crippen LogP contribution in [0, 0.1) is 6.92 Å². The van der Waals surface area contributed by atoms with E-state index in [1.165, 1.54) is 11.3 Å². The zero-order chi connectivity index (χ0) is 14.9. The van der Waals surface area contributed by atoms with E-state index >= 15 is 0 Å². The number of aryl methyl sites for hydroxylation is 1. The van der Waals surface area contributed by atoms with E-state index < -0.39 is 0 Å². The second kappa shape index (κ2) is 6.45. The van der Waals surface area contributed by atoms with Crippen molar-refractivity contribution in [3.8, 4) is 0 Å². The number of thiophene rings is 1. The van der Waals surface area contributed by atoms with Crippen molar-refractivity contribution in [1.29, 1.82) is 0 Å². The molecule has 0 saturated carbocycles. The van der Waals surface area contributed by atoms with Crippen LogP contribution in [0.1, 0.15) is 35.0 Å². The SMILES string of the molecule is Cc1ccc(CN(C(=O)c2cc(Br)c(Br)s2)C(C)C)o1. The van der Waals surface area contributed by atoms with E-state index in [9.17, 15) is 4.79 Å². The largest absolute Gasteiger partial charge is 0.464 e. The fourth-order valence-electron chi connectivity index (χ4n) is 1.82. The number of rotatable bonds is 4. The number of amides is 1. The van der Waals surface area contributed by atoms with E-state index in [4.69, 9.17) is 4.42 Å². The molecule has 0 unspecified atom stereocenters. The Labute approximate surface area is 139 Å². The lowest BCUT2D eigenvalue weighted by molar-refractivity contribution is 0.0680. The lowest BCUT2D eigenvalue weighted by atomic mass is 10.2. The summed E-state index contributed by atoms with van der Waals surface area (Å²) in [6.45, 7) is 6.40. The highest BCUT2D eigenvalue weighted by molar-refractivity contribution is 9.13. The molecule has 0 aliphatic rings. The van der Waals surface area contributed by atoms with E-state index in [-0.39, 0.29) is 11.9 Å². The number of carbonyl (C=O) groups excluding carboxylic acids is 1. The molecule has 0 saturated heterocycles. The average Bonchev–Trinajstić information content (AvgIpc) is 2.92. The molecule has 0 atom stereocenters. The summed E-state index contributed by atoms with van der Waals surface area (Å²) in [5.41, 5.74) is 0. The first kappa shape index (κ1) is 15.8. The van der Waals surface area contributed by atoms with Crippen LogP contribution in [0.5, 0.6) is 0 Å². The lowest BCUT2D eigenvalue weighted by Gasteiger charge is -2.25. The Morgan fingerprint density at radius 3 is 2.55 bits per heavy atom. The van der Waals surface area contributed by atoms with Crippen molar-refractivity contribution in [3.63, 3.8) is 0 Å². The van der Waals surface area contributed by atoms with Crippen LogP contribution < -0.4 is 0 Å². The van der Waals surface area contributed by atoms with Crippen LogP contribution in [0.4, 0.5) is 0 Å². The molecule has 108 valence electrons. The van der Waals surface area contributed by atoms with Crippen LogP contribution >= 0.6 is 43.2 Å². The molecule has 2 aromatic heterocycles. The van der Waals surface area contributed by atoms with E-state index in [2.05, 4.69) is 31.9 Å². The molecule has 2 heterocycles. The Morgan fingerprint density at radius 2 is 2.10 bits per heavy atom. The summed E-state index contributed by atoms with van der Waals surface area (Å²) in [5, 5.41) is 0. The van der Waals surface area contributed by atoms with E-state index in [0.29, 0.717) is 11.4 Å². The molecule has 0 fully saturated rings. The van der Waals surface area contributed by atoms with Crippen LogP contribution in [-0.2, 0) is 6.54 Å². The summed E-state index contributed by atoms with van der Waals surface area (Å²) in [4.78, 5) is 15.1. The van der Waals surface area contributed by atoms with Gasteiger partial charge in [0.15, 0.2) is 0 Å². The molecule has 20 heavy (non-hydrogen) atoms. The zero-order valence-corrected chi connectivity index (χ0v) is 15.4. The summed E-state index contributed by atoms with van der Waals surface area (Å²) in [7, 11) is 0.